The van der Waals surface area contributed by atoms with Gasteiger partial charge < -0.3 is 10.4 Å². The van der Waals surface area contributed by atoms with Gasteiger partial charge in [0.2, 0.25) is 0 Å². The molecule has 5 heterocycles. The summed E-state index contributed by atoms with van der Waals surface area (Å²) in [5.41, 5.74) is 1.99. The molecule has 196 valence electrons. The van der Waals surface area contributed by atoms with Crippen molar-refractivity contribution in [2.45, 2.75) is 57.0 Å². The maximum absolute atomic E-state index is 14.4. The number of aliphatic hydroxyl groups excluding tert-OH is 1. The quantitative estimate of drug-likeness (QED) is 0.518. The van der Waals surface area contributed by atoms with Gasteiger partial charge in [-0.15, -0.1) is 0 Å². The maximum atomic E-state index is 14.4. The van der Waals surface area contributed by atoms with Crippen molar-refractivity contribution in [2.75, 3.05) is 31.5 Å². The Balaban J connectivity index is 1.04. The summed E-state index contributed by atoms with van der Waals surface area (Å²) in [6.45, 7) is 4.60. The Morgan fingerprint density at radius 1 is 1.08 bits per heavy atom. The largest absolute Gasteiger partial charge is 0.374 e. The van der Waals surface area contributed by atoms with E-state index in [-0.39, 0.29) is 5.56 Å². The molecule has 1 saturated heterocycles. The van der Waals surface area contributed by atoms with Crippen LogP contribution in [0.4, 0.5) is 19.0 Å². The summed E-state index contributed by atoms with van der Waals surface area (Å²) >= 11 is 0. The Hall–Kier alpha value is -3.09. The van der Waals surface area contributed by atoms with E-state index in [4.69, 9.17) is 0 Å². The number of nitrogens with zero attached hydrogens (tertiary/aromatic N) is 7. The second kappa shape index (κ2) is 9.66. The van der Waals surface area contributed by atoms with Crippen LogP contribution in [0.15, 0.2) is 31.0 Å². The van der Waals surface area contributed by atoms with Gasteiger partial charge in [-0.25, -0.2) is 23.1 Å². The summed E-state index contributed by atoms with van der Waals surface area (Å²) in [5.74, 6) is -0.232. The molecule has 0 spiro atoms. The van der Waals surface area contributed by atoms with Crippen LogP contribution in [0.5, 0.6) is 0 Å². The van der Waals surface area contributed by atoms with Crippen molar-refractivity contribution in [3.63, 3.8) is 0 Å². The lowest BCUT2D eigenvalue weighted by Crippen LogP contribution is -2.54. The molecule has 6 rings (SSSR count). The summed E-state index contributed by atoms with van der Waals surface area (Å²) in [4.78, 5) is 16.4. The monoisotopic (exact) mass is 514 g/mol. The highest BCUT2D eigenvalue weighted by molar-refractivity contribution is 5.69. The number of hydrogen-bond donors (Lipinski definition) is 2. The Labute approximate surface area is 212 Å². The zero-order valence-corrected chi connectivity index (χ0v) is 20.4. The number of aromatic nitrogens is 5. The number of halogens is 3. The first-order chi connectivity index (χ1) is 17.9. The molecule has 3 aromatic rings. The molecule has 9 nitrogen and oxygen atoms in total. The lowest BCUT2D eigenvalue weighted by molar-refractivity contribution is -0.0487. The molecule has 3 aromatic heterocycles. The topological polar surface area (TPSA) is 95.2 Å². The minimum absolute atomic E-state index is 0.156. The van der Waals surface area contributed by atoms with Crippen LogP contribution in [0.25, 0.3) is 11.3 Å². The van der Waals surface area contributed by atoms with Gasteiger partial charge >= 0.3 is 0 Å². The van der Waals surface area contributed by atoms with Crippen LogP contribution in [0, 0.1) is 5.82 Å². The van der Waals surface area contributed by atoms with E-state index in [0.29, 0.717) is 44.3 Å². The number of aliphatic hydroxyl groups is 1. The summed E-state index contributed by atoms with van der Waals surface area (Å²) in [5, 5.41) is 18.7. The lowest BCUT2D eigenvalue weighted by Gasteiger charge is -2.47. The standard InChI is InChI=1S/C25H29F3N8O/c1-14-8-19-21(30-13-31-24(19)33-14)15-11-32-36(12-15)17-9-16(10-17)34-4-6-35(7-5-34)25(37)18-2-3-29-22(20(18)26)23(27)28/h2-3,11-14,16-17,23,25,37H,4-10H2,1H3,(H,30,31,33). The predicted octanol–water partition coefficient (Wildman–Crippen LogP) is 3.18. The summed E-state index contributed by atoms with van der Waals surface area (Å²) in [6, 6.07) is 2.33. The Kier molecular flexibility index (Phi) is 6.33. The Morgan fingerprint density at radius 2 is 1.86 bits per heavy atom. The fourth-order valence-corrected chi connectivity index (χ4v) is 5.67. The Bertz CT molecular complexity index is 1270. The number of fused-ring (bicyclic) bond motifs is 1. The van der Waals surface area contributed by atoms with Gasteiger partial charge in [0.05, 0.1) is 17.9 Å². The zero-order valence-electron chi connectivity index (χ0n) is 20.4. The van der Waals surface area contributed by atoms with Gasteiger partial charge in [-0.05, 0) is 32.3 Å². The number of alkyl halides is 2. The molecule has 0 amide bonds. The minimum Gasteiger partial charge on any atom is -0.374 e. The SMILES string of the molecule is CC1Cc2c(ncnc2-c2cnn(C3CC(N4CCN(C(O)c5ccnc(C(F)F)c5F)CC4)C3)c2)N1. The molecular weight excluding hydrogens is 485 g/mol. The van der Waals surface area contributed by atoms with Gasteiger partial charge in [-0.3, -0.25) is 19.5 Å². The van der Waals surface area contributed by atoms with Crippen LogP contribution in [-0.4, -0.2) is 77.9 Å². The molecule has 2 aliphatic heterocycles. The van der Waals surface area contributed by atoms with E-state index in [2.05, 4.69) is 43.4 Å². The first-order valence-electron chi connectivity index (χ1n) is 12.6. The van der Waals surface area contributed by atoms with E-state index in [1.807, 2.05) is 10.9 Å². The van der Waals surface area contributed by atoms with Crippen LogP contribution < -0.4 is 5.32 Å². The van der Waals surface area contributed by atoms with E-state index >= 15 is 0 Å². The molecule has 0 radical (unpaired) electrons. The van der Waals surface area contributed by atoms with E-state index in [1.54, 1.807) is 11.2 Å². The third-order valence-electron chi connectivity index (χ3n) is 7.82. The predicted molar refractivity (Wildman–Crippen MR) is 129 cm³/mol. The molecule has 0 bridgehead atoms. The van der Waals surface area contributed by atoms with E-state index < -0.39 is 24.2 Å². The highest BCUT2D eigenvalue weighted by atomic mass is 19.3. The van der Waals surface area contributed by atoms with Gasteiger partial charge in [0, 0.05) is 67.3 Å². The van der Waals surface area contributed by atoms with Crippen LogP contribution >= 0.6 is 0 Å². The average Bonchev–Trinajstić information content (AvgIpc) is 3.49. The summed E-state index contributed by atoms with van der Waals surface area (Å²) in [6.07, 6.45) is 5.18. The van der Waals surface area contributed by atoms with Gasteiger partial charge in [0.15, 0.2) is 5.82 Å². The molecule has 0 aromatic carbocycles. The van der Waals surface area contributed by atoms with Crippen LogP contribution in [0.2, 0.25) is 0 Å². The fraction of sp³-hybridized carbons (Fsp3) is 0.520. The lowest BCUT2D eigenvalue weighted by atomic mass is 9.85. The normalized spacial score (nSPS) is 25.1. The summed E-state index contributed by atoms with van der Waals surface area (Å²) < 4.78 is 42.4. The van der Waals surface area contributed by atoms with Crippen molar-refractivity contribution >= 4 is 5.82 Å². The number of rotatable bonds is 6. The number of nitrogens with one attached hydrogen (secondary N) is 1. The van der Waals surface area contributed by atoms with Crippen molar-refractivity contribution in [3.8, 4) is 11.3 Å². The number of piperazine rings is 1. The van der Waals surface area contributed by atoms with Crippen LogP contribution in [0.1, 0.15) is 55.3 Å². The van der Waals surface area contributed by atoms with Gasteiger partial charge in [0.25, 0.3) is 6.43 Å². The van der Waals surface area contributed by atoms with Crippen molar-refractivity contribution in [3.05, 3.63) is 53.6 Å². The number of anilines is 1. The first kappa shape index (κ1) is 24.3. The van der Waals surface area contributed by atoms with Crippen molar-refractivity contribution < 1.29 is 18.3 Å². The van der Waals surface area contributed by atoms with Crippen molar-refractivity contribution in [1.82, 2.24) is 34.5 Å². The maximum Gasteiger partial charge on any atom is 0.283 e. The highest BCUT2D eigenvalue weighted by Gasteiger charge is 2.38. The molecule has 2 N–H and O–H groups in total. The molecule has 12 heteroatoms. The number of hydrogen-bond acceptors (Lipinski definition) is 8. The second-order valence-corrected chi connectivity index (χ2v) is 10.1. The van der Waals surface area contributed by atoms with Gasteiger partial charge in [-0.1, -0.05) is 0 Å². The summed E-state index contributed by atoms with van der Waals surface area (Å²) in [7, 11) is 0. The fourth-order valence-electron chi connectivity index (χ4n) is 5.67. The first-order valence-corrected chi connectivity index (χ1v) is 12.6. The van der Waals surface area contributed by atoms with E-state index in [1.165, 1.54) is 6.07 Å². The van der Waals surface area contributed by atoms with Gasteiger partial charge in [-0.2, -0.15) is 5.10 Å². The van der Waals surface area contributed by atoms with Crippen molar-refractivity contribution in [1.29, 1.82) is 0 Å². The highest BCUT2D eigenvalue weighted by Crippen LogP contribution is 2.38. The molecule has 2 unspecified atom stereocenters. The molecular formula is C25H29F3N8O. The van der Waals surface area contributed by atoms with Gasteiger partial charge in [0.1, 0.15) is 24.1 Å². The smallest absolute Gasteiger partial charge is 0.283 e. The molecule has 3 aliphatic rings. The molecule has 2 fully saturated rings. The van der Waals surface area contributed by atoms with E-state index in [0.717, 1.165) is 48.1 Å². The third kappa shape index (κ3) is 4.47. The molecule has 2 atom stereocenters. The number of pyridine rings is 1. The Morgan fingerprint density at radius 3 is 2.62 bits per heavy atom. The van der Waals surface area contributed by atoms with Crippen LogP contribution in [-0.2, 0) is 6.42 Å². The third-order valence-corrected chi connectivity index (χ3v) is 7.82. The molecule has 1 aliphatic carbocycles. The second-order valence-electron chi connectivity index (χ2n) is 10.1. The molecule has 37 heavy (non-hydrogen) atoms. The van der Waals surface area contributed by atoms with E-state index in [9.17, 15) is 18.3 Å². The zero-order chi connectivity index (χ0) is 25.7. The minimum atomic E-state index is -3.02. The average molecular weight is 515 g/mol. The van der Waals surface area contributed by atoms with Crippen molar-refractivity contribution in [2.24, 2.45) is 0 Å². The molecule has 1 saturated carbocycles. The van der Waals surface area contributed by atoms with Crippen LogP contribution in [0.3, 0.4) is 0 Å².